The van der Waals surface area contributed by atoms with Crippen molar-refractivity contribution < 1.29 is 4.79 Å². The van der Waals surface area contributed by atoms with E-state index in [9.17, 15) is 4.79 Å². The lowest BCUT2D eigenvalue weighted by Gasteiger charge is -2.31. The summed E-state index contributed by atoms with van der Waals surface area (Å²) in [5.74, 6) is 0.777. The second-order valence-electron chi connectivity index (χ2n) is 6.30. The summed E-state index contributed by atoms with van der Waals surface area (Å²) in [5.41, 5.74) is 2.37. The number of hydrogen-bond acceptors (Lipinski definition) is 3. The van der Waals surface area contributed by atoms with Gasteiger partial charge in [0, 0.05) is 23.1 Å². The molecule has 25 heavy (non-hydrogen) atoms. The fraction of sp³-hybridized carbons (Fsp3) is 0.444. The van der Waals surface area contributed by atoms with Crippen molar-refractivity contribution in [1.82, 2.24) is 20.4 Å². The van der Waals surface area contributed by atoms with Crippen LogP contribution in [0, 0.1) is 5.92 Å². The summed E-state index contributed by atoms with van der Waals surface area (Å²) >= 11 is 3.43. The molecule has 1 saturated heterocycles. The van der Waals surface area contributed by atoms with Crippen molar-refractivity contribution in [3.8, 4) is 11.3 Å². The zero-order chi connectivity index (χ0) is 16.9. The lowest BCUT2D eigenvalue weighted by atomic mass is 9.93. The number of piperidine rings is 1. The van der Waals surface area contributed by atoms with Gasteiger partial charge in [0.15, 0.2) is 0 Å². The third kappa shape index (κ3) is 5.06. The van der Waals surface area contributed by atoms with Crippen molar-refractivity contribution in [3.05, 3.63) is 40.5 Å². The van der Waals surface area contributed by atoms with Gasteiger partial charge in [0.1, 0.15) is 5.69 Å². The van der Waals surface area contributed by atoms with Gasteiger partial charge in [-0.25, -0.2) is 0 Å². The second kappa shape index (κ2) is 9.36. The molecule has 2 aromatic rings. The number of H-pyrrole nitrogens is 1. The van der Waals surface area contributed by atoms with Gasteiger partial charge in [0.05, 0.1) is 5.69 Å². The fourth-order valence-corrected chi connectivity index (χ4v) is 3.41. The van der Waals surface area contributed by atoms with Crippen molar-refractivity contribution in [2.24, 2.45) is 5.92 Å². The zero-order valence-electron chi connectivity index (χ0n) is 14.3. The summed E-state index contributed by atoms with van der Waals surface area (Å²) < 4.78 is 1.03. The largest absolute Gasteiger partial charge is 0.337 e. The molecule has 1 aromatic heterocycles. The molecule has 1 fully saturated rings. The van der Waals surface area contributed by atoms with E-state index in [0.717, 1.165) is 54.1 Å². The maximum atomic E-state index is 12.7. The van der Waals surface area contributed by atoms with Crippen LogP contribution in [0.5, 0.6) is 0 Å². The first-order valence-electron chi connectivity index (χ1n) is 8.42. The summed E-state index contributed by atoms with van der Waals surface area (Å²) in [4.78, 5) is 14.6. The van der Waals surface area contributed by atoms with Crippen LogP contribution in [0.2, 0.25) is 0 Å². The Morgan fingerprint density at radius 1 is 1.32 bits per heavy atom. The van der Waals surface area contributed by atoms with Crippen LogP contribution < -0.4 is 5.32 Å². The number of amides is 1. The Bertz CT molecular complexity index is 681. The number of aromatic nitrogens is 2. The Morgan fingerprint density at radius 2 is 2.00 bits per heavy atom. The van der Waals surface area contributed by atoms with Crippen LogP contribution in [0.25, 0.3) is 11.3 Å². The number of nitrogens with one attached hydrogen (secondary N) is 2. The molecule has 1 aliphatic rings. The molecule has 3 rings (SSSR count). The number of likely N-dealkylation sites (tertiary alicyclic amines) is 1. The first-order valence-corrected chi connectivity index (χ1v) is 9.22. The van der Waals surface area contributed by atoms with Crippen LogP contribution in [-0.2, 0) is 0 Å². The van der Waals surface area contributed by atoms with E-state index in [1.54, 1.807) is 0 Å². The summed E-state index contributed by atoms with van der Waals surface area (Å²) in [5, 5.41) is 10.4. The molecule has 1 amide bonds. The molecule has 0 atom stereocenters. The Balaban J connectivity index is 0.00000225. The van der Waals surface area contributed by atoms with Crippen molar-refractivity contribution in [3.63, 3.8) is 0 Å². The standard InChI is InChI=1S/C18H23BrN4O.ClH/c1-20-9-6-13-7-10-23(11-8-13)18(24)17-12-16(21-22-17)14-2-4-15(19)5-3-14;/h2-5,12-13,20H,6-11H2,1H3,(H,21,22);1H. The smallest absolute Gasteiger partial charge is 0.271 e. The molecule has 0 saturated carbocycles. The topological polar surface area (TPSA) is 61.0 Å². The first-order chi connectivity index (χ1) is 11.7. The van der Waals surface area contributed by atoms with Crippen molar-refractivity contribution >= 4 is 34.2 Å². The molecule has 2 N–H and O–H groups in total. The van der Waals surface area contributed by atoms with E-state index < -0.39 is 0 Å². The van der Waals surface area contributed by atoms with Gasteiger partial charge in [-0.2, -0.15) is 5.10 Å². The van der Waals surface area contributed by atoms with Gasteiger partial charge >= 0.3 is 0 Å². The van der Waals surface area contributed by atoms with Crippen molar-refractivity contribution in [2.75, 3.05) is 26.7 Å². The van der Waals surface area contributed by atoms with Gasteiger partial charge in [-0.15, -0.1) is 12.4 Å². The Morgan fingerprint density at radius 3 is 2.64 bits per heavy atom. The minimum Gasteiger partial charge on any atom is -0.337 e. The summed E-state index contributed by atoms with van der Waals surface area (Å²) in [6.45, 7) is 2.72. The molecule has 136 valence electrons. The maximum absolute atomic E-state index is 12.7. The molecule has 0 radical (unpaired) electrons. The van der Waals surface area contributed by atoms with Crippen LogP contribution in [0.1, 0.15) is 29.8 Å². The quantitative estimate of drug-likeness (QED) is 0.764. The molecule has 1 aliphatic heterocycles. The second-order valence-corrected chi connectivity index (χ2v) is 7.22. The number of halogens is 2. The minimum atomic E-state index is 0. The predicted octanol–water partition coefficient (Wildman–Crippen LogP) is 3.72. The lowest BCUT2D eigenvalue weighted by molar-refractivity contribution is 0.0681. The van der Waals surface area contributed by atoms with Crippen LogP contribution >= 0.6 is 28.3 Å². The molecule has 5 nitrogen and oxygen atoms in total. The number of hydrogen-bond donors (Lipinski definition) is 2. The van der Waals surface area contributed by atoms with Crippen LogP contribution in [-0.4, -0.2) is 47.7 Å². The molecule has 0 bridgehead atoms. The number of benzene rings is 1. The minimum absolute atomic E-state index is 0. The normalized spacial score (nSPS) is 15.0. The van der Waals surface area contributed by atoms with Gasteiger partial charge in [-0.1, -0.05) is 28.1 Å². The Labute approximate surface area is 163 Å². The van der Waals surface area contributed by atoms with Gasteiger partial charge in [-0.05, 0) is 57.0 Å². The Hall–Kier alpha value is -1.37. The maximum Gasteiger partial charge on any atom is 0.271 e. The number of aromatic amines is 1. The molecular formula is C18H24BrClN4O. The summed E-state index contributed by atoms with van der Waals surface area (Å²) in [6, 6.07) is 9.77. The predicted molar refractivity (Wildman–Crippen MR) is 106 cm³/mol. The zero-order valence-corrected chi connectivity index (χ0v) is 16.7. The molecule has 2 heterocycles. The Kier molecular flexibility index (Phi) is 7.47. The van der Waals surface area contributed by atoms with E-state index in [4.69, 9.17) is 0 Å². The van der Waals surface area contributed by atoms with Crippen molar-refractivity contribution in [1.29, 1.82) is 0 Å². The highest BCUT2D eigenvalue weighted by atomic mass is 79.9. The van der Waals surface area contributed by atoms with E-state index in [0.29, 0.717) is 5.69 Å². The molecule has 0 unspecified atom stereocenters. The van der Waals surface area contributed by atoms with Crippen molar-refractivity contribution in [2.45, 2.75) is 19.3 Å². The van der Waals surface area contributed by atoms with Crippen LogP contribution in [0.3, 0.4) is 0 Å². The molecular weight excluding hydrogens is 404 g/mol. The van der Waals surface area contributed by atoms with E-state index in [1.807, 2.05) is 42.3 Å². The molecule has 7 heteroatoms. The highest BCUT2D eigenvalue weighted by Crippen LogP contribution is 2.23. The first kappa shape index (κ1) is 19.9. The average Bonchev–Trinajstić information content (AvgIpc) is 3.10. The van der Waals surface area contributed by atoms with E-state index in [2.05, 4.69) is 31.4 Å². The summed E-state index contributed by atoms with van der Waals surface area (Å²) in [6.07, 6.45) is 3.36. The number of carbonyl (C=O) groups excluding carboxylic acids is 1. The van der Waals surface area contributed by atoms with Gasteiger partial charge in [0.25, 0.3) is 5.91 Å². The highest BCUT2D eigenvalue weighted by molar-refractivity contribution is 9.10. The monoisotopic (exact) mass is 426 g/mol. The van der Waals surface area contributed by atoms with Gasteiger partial charge < -0.3 is 10.2 Å². The van der Waals surface area contributed by atoms with Crippen LogP contribution in [0.4, 0.5) is 0 Å². The SMILES string of the molecule is CNCCC1CCN(C(=O)c2cc(-c3ccc(Br)cc3)n[nH]2)CC1.Cl. The fourth-order valence-electron chi connectivity index (χ4n) is 3.14. The number of carbonyl (C=O) groups is 1. The van der Waals surface area contributed by atoms with E-state index in [1.165, 1.54) is 6.42 Å². The molecule has 0 aliphatic carbocycles. The average molecular weight is 428 g/mol. The molecule has 1 aromatic carbocycles. The van der Waals surface area contributed by atoms with E-state index >= 15 is 0 Å². The highest BCUT2D eigenvalue weighted by Gasteiger charge is 2.24. The number of nitrogens with zero attached hydrogens (tertiary/aromatic N) is 2. The lowest BCUT2D eigenvalue weighted by Crippen LogP contribution is -2.39. The number of rotatable bonds is 5. The van der Waals surface area contributed by atoms with E-state index in [-0.39, 0.29) is 18.3 Å². The van der Waals surface area contributed by atoms with Gasteiger partial charge in [-0.3, -0.25) is 9.89 Å². The third-order valence-corrected chi connectivity index (χ3v) is 5.18. The molecule has 0 spiro atoms. The van der Waals surface area contributed by atoms with Crippen LogP contribution in [0.15, 0.2) is 34.8 Å². The summed E-state index contributed by atoms with van der Waals surface area (Å²) in [7, 11) is 1.99. The third-order valence-electron chi connectivity index (χ3n) is 4.65. The van der Waals surface area contributed by atoms with Gasteiger partial charge in [0.2, 0.25) is 0 Å².